The Hall–Kier alpha value is -6.36. The molecule has 436 valence electrons. The minimum absolute atomic E-state index is 0.0118. The Morgan fingerprint density at radius 1 is 0.854 bits per heavy atom. The van der Waals surface area contributed by atoms with Gasteiger partial charge in [-0.05, 0) is 175 Å². The Balaban J connectivity index is 1.12. The number of β-amino-alcohol motifs (C(OH)–C–C–N with tert-alkyl or cyclic N) is 1. The van der Waals surface area contributed by atoms with Crippen LogP contribution in [-0.2, 0) is 34.3 Å². The number of ether oxygens (including phenoxy) is 1. The van der Waals surface area contributed by atoms with Crippen LogP contribution in [-0.4, -0.2) is 87.1 Å². The van der Waals surface area contributed by atoms with Crippen molar-refractivity contribution in [3.8, 4) is 29.1 Å². The molecule has 2 fully saturated rings. The molecule has 10 rings (SSSR count). The largest absolute Gasteiger partial charge is 0.507 e. The van der Waals surface area contributed by atoms with Gasteiger partial charge in [-0.1, -0.05) is 114 Å². The summed E-state index contributed by atoms with van der Waals surface area (Å²) in [6, 6.07) is 24.0. The number of aromatic amines is 1. The summed E-state index contributed by atoms with van der Waals surface area (Å²) in [6.07, 6.45) is 13.8. The molecule has 0 unspecified atom stereocenters. The van der Waals surface area contributed by atoms with Gasteiger partial charge in [-0.25, -0.2) is 0 Å². The predicted molar refractivity (Wildman–Crippen MR) is 325 cm³/mol. The molecular formula is C70H88N4O8. The third-order valence-electron chi connectivity index (χ3n) is 19.3. The number of aromatic nitrogens is 1. The topological polar surface area (TPSA) is 196 Å². The van der Waals surface area contributed by atoms with Crippen LogP contribution in [0.2, 0.25) is 0 Å². The fourth-order valence-corrected chi connectivity index (χ4v) is 14.7. The number of phenols is 2. The number of H-pyrrole nitrogens is 1. The molecular weight excluding hydrogens is 1020 g/mol. The van der Waals surface area contributed by atoms with Crippen LogP contribution in [0.1, 0.15) is 162 Å². The van der Waals surface area contributed by atoms with E-state index in [9.17, 15) is 30.3 Å². The highest BCUT2D eigenvalue weighted by atomic mass is 16.5. The monoisotopic (exact) mass is 1110 g/mol. The SMILES string of the molecule is CCC[C@H]1[C@H]2C[C@H](CC3=CCNC(=C3)Nc3ccc4ccc(c(O)c4c3)C[C@H](O)CNC[C@@H](C)c3c[nH]c(c3)C3(CCCCC3)[C@@H]1O)C[C@@H]1C#C[C@H](c3ccccc3CCC(C)C)c3cc(O)c(OC)cc3CCC(=O)[C@H](O)C(=O)[C@H]1C2. The summed E-state index contributed by atoms with van der Waals surface area (Å²) in [5.74, 6) is 6.05. The molecule has 9 N–H and O–H groups in total. The van der Waals surface area contributed by atoms with E-state index in [1.165, 1.54) is 7.11 Å². The van der Waals surface area contributed by atoms with Crippen molar-refractivity contribution in [1.82, 2.24) is 15.6 Å². The van der Waals surface area contributed by atoms with Crippen molar-refractivity contribution in [3.63, 3.8) is 0 Å². The smallest absolute Gasteiger partial charge is 0.173 e. The number of Topliss-reactive ketones (excluding diaryl/α,β-unsaturated/α-hetero) is 2. The summed E-state index contributed by atoms with van der Waals surface area (Å²) in [5.41, 5.74) is 7.88. The lowest BCUT2D eigenvalue weighted by Crippen LogP contribution is -2.48. The number of aromatic hydroxyl groups is 2. The third-order valence-corrected chi connectivity index (χ3v) is 19.3. The van der Waals surface area contributed by atoms with Gasteiger partial charge >= 0.3 is 0 Å². The first kappa shape index (κ1) is 58.8. The number of aliphatic hydroxyl groups is 3. The second kappa shape index (κ2) is 26.1. The van der Waals surface area contributed by atoms with Crippen LogP contribution in [0.15, 0.2) is 103 Å². The van der Waals surface area contributed by atoms with Crippen molar-refractivity contribution in [2.24, 2.45) is 35.5 Å². The fourth-order valence-electron chi connectivity index (χ4n) is 14.7. The molecule has 1 spiro atoms. The highest BCUT2D eigenvalue weighted by molar-refractivity contribution is 6.06. The van der Waals surface area contributed by atoms with E-state index < -0.39 is 53.0 Å². The number of aliphatic hydroxyl groups excluding tert-OH is 3. The lowest BCUT2D eigenvalue weighted by atomic mass is 9.61. The zero-order chi connectivity index (χ0) is 57.7. The van der Waals surface area contributed by atoms with E-state index in [0.29, 0.717) is 68.6 Å². The minimum atomic E-state index is -1.85. The van der Waals surface area contributed by atoms with E-state index in [-0.39, 0.29) is 53.8 Å². The average molecular weight is 1110 g/mol. The van der Waals surface area contributed by atoms with Gasteiger partial charge in [0.05, 0.1) is 25.2 Å². The van der Waals surface area contributed by atoms with E-state index in [4.69, 9.17) is 4.74 Å². The first-order valence-electron chi connectivity index (χ1n) is 30.8. The van der Waals surface area contributed by atoms with Crippen molar-refractivity contribution >= 4 is 28.0 Å². The second-order valence-corrected chi connectivity index (χ2v) is 25.3. The number of carbonyl (C=O) groups is 2. The summed E-state index contributed by atoms with van der Waals surface area (Å²) < 4.78 is 5.63. The molecule has 2 aliphatic heterocycles. The fraction of sp³-hybridized carbons (Fsp3) is 0.514. The van der Waals surface area contributed by atoms with Crippen LogP contribution >= 0.6 is 0 Å². The Labute approximate surface area is 485 Å². The number of aryl methyl sites for hydroxylation is 2. The van der Waals surface area contributed by atoms with Crippen molar-refractivity contribution in [1.29, 1.82) is 0 Å². The van der Waals surface area contributed by atoms with Crippen LogP contribution in [0.5, 0.6) is 17.2 Å². The summed E-state index contributed by atoms with van der Waals surface area (Å²) in [4.78, 5) is 33.6. The number of fused-ring (bicyclic) bond motifs is 10. The standard InChI is InChI=1S/C70H88N4O8/c1-6-12-56-51-31-45(30-48-20-23-57(55-14-9-8-13-46(55)16-15-42(2)3)58-38-62(77)63(82-5)35-49(58)21-24-61(76)68(80)67(79)59(48)34-51)29-44-25-28-72-65(32-44)74-53-22-19-47-17-18-50(66(78)60(47)37-53)33-54(75)41-71-39-43(4)52-36-64(73-40-52)70(69(56)81)26-10-7-11-27-70/h8-9,13-14,17-19,22,25,32,35-38,40,42-43,45,48,51,54,56-57,59,68-69,71-75,77-78,80-81H,6-7,10-12,15-16,21,24,26-31,33-34,39,41H2,1-5H3/t43-,45-,48+,51+,54+,56+,57-,59+,68+,69-/m1/s1. The van der Waals surface area contributed by atoms with Crippen LogP contribution in [0.4, 0.5) is 5.69 Å². The Morgan fingerprint density at radius 3 is 2.45 bits per heavy atom. The number of benzene rings is 4. The van der Waals surface area contributed by atoms with E-state index in [0.717, 1.165) is 114 Å². The van der Waals surface area contributed by atoms with Crippen LogP contribution < -0.4 is 20.7 Å². The molecule has 0 saturated heterocycles. The molecule has 0 amide bonds. The van der Waals surface area contributed by atoms with Crippen molar-refractivity contribution in [3.05, 3.63) is 142 Å². The molecule has 12 heteroatoms. The summed E-state index contributed by atoms with van der Waals surface area (Å²) in [5, 5.41) is 72.4. The lowest BCUT2D eigenvalue weighted by Gasteiger charge is -2.46. The quantitative estimate of drug-likeness (QED) is 0.0556. The number of ketones is 2. The number of phenolic OH excluding ortho intramolecular Hbond substituents is 2. The van der Waals surface area contributed by atoms with Gasteiger partial charge < -0.3 is 51.2 Å². The first-order chi connectivity index (χ1) is 39.6. The maximum absolute atomic E-state index is 15.5. The van der Waals surface area contributed by atoms with Crippen molar-refractivity contribution < 1.29 is 39.9 Å². The molecule has 2 saturated carbocycles. The lowest BCUT2D eigenvalue weighted by molar-refractivity contribution is -0.142. The Bertz CT molecular complexity index is 3210. The number of anilines is 1. The molecule has 10 atom stereocenters. The molecule has 4 aromatic carbocycles. The molecule has 12 nitrogen and oxygen atoms in total. The van der Waals surface area contributed by atoms with E-state index in [2.05, 4.69) is 103 Å². The third kappa shape index (κ3) is 12.9. The number of hydrogen-bond donors (Lipinski definition) is 9. The minimum Gasteiger partial charge on any atom is -0.507 e. The van der Waals surface area contributed by atoms with Gasteiger partial charge in [0.1, 0.15) is 11.6 Å². The maximum atomic E-state index is 15.5. The maximum Gasteiger partial charge on any atom is 0.173 e. The Kier molecular flexibility index (Phi) is 18.7. The molecule has 3 heterocycles. The number of rotatable bonds is 7. The highest BCUT2D eigenvalue weighted by Crippen LogP contribution is 2.51. The predicted octanol–water partition coefficient (Wildman–Crippen LogP) is 11.6. The summed E-state index contributed by atoms with van der Waals surface area (Å²) in [7, 11) is 1.50. The van der Waals surface area contributed by atoms with Crippen molar-refractivity contribution in [2.45, 2.75) is 166 Å². The number of carbonyl (C=O) groups excluding carboxylic acids is 2. The van der Waals surface area contributed by atoms with Gasteiger partial charge in [0.15, 0.2) is 29.2 Å². The average Bonchev–Trinajstić information content (AvgIpc) is 3.98. The number of methoxy groups -OCH3 is 1. The van der Waals surface area contributed by atoms with E-state index in [1.54, 1.807) is 12.1 Å². The number of nitrogens with one attached hydrogen (secondary N) is 4. The van der Waals surface area contributed by atoms with Gasteiger partial charge in [-0.2, -0.15) is 0 Å². The van der Waals surface area contributed by atoms with Gasteiger partial charge in [0.2, 0.25) is 0 Å². The van der Waals surface area contributed by atoms with E-state index >= 15 is 4.79 Å². The molecule has 9 bridgehead atoms. The number of dihydropyridines is 1. The van der Waals surface area contributed by atoms with Gasteiger partial charge in [-0.3, -0.25) is 9.59 Å². The Morgan fingerprint density at radius 2 is 1.66 bits per heavy atom. The summed E-state index contributed by atoms with van der Waals surface area (Å²) in [6.45, 7) is 10.3. The number of hydrogen-bond acceptors (Lipinski definition) is 11. The van der Waals surface area contributed by atoms with Crippen LogP contribution in [0, 0.1) is 47.3 Å². The van der Waals surface area contributed by atoms with Crippen LogP contribution in [0.25, 0.3) is 10.8 Å². The van der Waals surface area contributed by atoms with E-state index in [1.807, 2.05) is 36.4 Å². The zero-order valence-corrected chi connectivity index (χ0v) is 48.9. The summed E-state index contributed by atoms with van der Waals surface area (Å²) >= 11 is 0. The molecule has 1 aromatic heterocycles. The molecule has 5 aromatic rings. The second-order valence-electron chi connectivity index (χ2n) is 25.3. The number of allylic oxidation sites excluding steroid dienone is 2. The van der Waals surface area contributed by atoms with Gasteiger partial charge in [0.25, 0.3) is 0 Å². The normalized spacial score (nSPS) is 27.4. The molecule has 0 radical (unpaired) electrons. The highest BCUT2D eigenvalue weighted by Gasteiger charge is 2.50. The van der Waals surface area contributed by atoms with Gasteiger partial charge in [-0.15, -0.1) is 0 Å². The van der Waals surface area contributed by atoms with Crippen LogP contribution in [0.3, 0.4) is 0 Å². The van der Waals surface area contributed by atoms with Crippen molar-refractivity contribution in [2.75, 3.05) is 32.1 Å². The molecule has 3 aliphatic carbocycles. The zero-order valence-electron chi connectivity index (χ0n) is 48.9. The molecule has 5 aliphatic rings. The molecule has 82 heavy (non-hydrogen) atoms. The first-order valence-corrected chi connectivity index (χ1v) is 30.8. The van der Waals surface area contributed by atoms with Gasteiger partial charge in [0, 0.05) is 72.7 Å².